The van der Waals surface area contributed by atoms with Gasteiger partial charge in [0, 0.05) is 13.1 Å². The average Bonchev–Trinajstić information content (AvgIpc) is 3.06. The van der Waals surface area contributed by atoms with Crippen molar-refractivity contribution >= 4 is 29.7 Å². The lowest BCUT2D eigenvalue weighted by Gasteiger charge is -2.38. The number of thioether (sulfide) groups is 1. The molecule has 1 saturated heterocycles. The second kappa shape index (κ2) is 4.47. The van der Waals surface area contributed by atoms with Crippen molar-refractivity contribution in [1.29, 1.82) is 0 Å². The van der Waals surface area contributed by atoms with E-state index in [2.05, 4.69) is 14.9 Å². The fourth-order valence-electron chi connectivity index (χ4n) is 2.75. The molecule has 1 amide bonds. The third-order valence-electron chi connectivity index (χ3n) is 3.81. The highest BCUT2D eigenvalue weighted by molar-refractivity contribution is 8.03. The number of carboxylic acid groups (broad SMARTS) is 1. The van der Waals surface area contributed by atoms with Crippen molar-refractivity contribution in [1.82, 2.24) is 19.8 Å². The third-order valence-corrected chi connectivity index (χ3v) is 4.89. The number of hydrogen-bond donors (Lipinski definition) is 1. The molecule has 4 rings (SSSR count). The monoisotopic (exact) mass is 303 g/mol. The van der Waals surface area contributed by atoms with E-state index >= 15 is 0 Å². The molecular weight excluding hydrogens is 292 g/mol. The van der Waals surface area contributed by atoms with Crippen molar-refractivity contribution in [3.05, 3.63) is 34.4 Å². The summed E-state index contributed by atoms with van der Waals surface area (Å²) in [7, 11) is 0. The number of aromatic nitrogens is 2. The van der Waals surface area contributed by atoms with Gasteiger partial charge in [-0.25, -0.2) is 4.98 Å². The topological polar surface area (TPSA) is 90.3 Å². The van der Waals surface area contributed by atoms with Crippen LogP contribution in [0.25, 0.3) is 6.08 Å². The fraction of sp³-hybridized carbons (Fsp3) is 0.308. The van der Waals surface area contributed by atoms with Gasteiger partial charge < -0.3 is 19.8 Å². The standard InChI is InChI=1S/C13H12N4O3S/c18-11-8(12-17(11)9(6-21-12)13(19)20)3-7-4-15-10-5-14-1-2-16(7)10/h3-4,6,12,14H,1-2,5H2,(H,19,20)/p-1/b8-3-/t12-/m1/s1. The van der Waals surface area contributed by atoms with E-state index in [9.17, 15) is 14.7 Å². The van der Waals surface area contributed by atoms with Gasteiger partial charge in [0.15, 0.2) is 0 Å². The zero-order chi connectivity index (χ0) is 14.6. The summed E-state index contributed by atoms with van der Waals surface area (Å²) >= 11 is 1.31. The second-order valence-corrected chi connectivity index (χ2v) is 5.94. The van der Waals surface area contributed by atoms with Crippen LogP contribution < -0.4 is 10.4 Å². The summed E-state index contributed by atoms with van der Waals surface area (Å²) in [5, 5.41) is 15.4. The lowest BCUT2D eigenvalue weighted by molar-refractivity contribution is -0.301. The number of carboxylic acids is 1. The molecule has 3 aliphatic rings. The summed E-state index contributed by atoms with van der Waals surface area (Å²) in [5.74, 6) is -0.639. The van der Waals surface area contributed by atoms with Crippen LogP contribution in [0.1, 0.15) is 11.5 Å². The van der Waals surface area contributed by atoms with Gasteiger partial charge in [-0.1, -0.05) is 0 Å². The number of β-lactam (4-membered cyclic amide) rings is 1. The van der Waals surface area contributed by atoms with E-state index in [4.69, 9.17) is 0 Å². The molecule has 1 atom stereocenters. The molecule has 0 unspecified atom stereocenters. The fourth-order valence-corrected chi connectivity index (χ4v) is 3.87. The number of rotatable bonds is 2. The molecule has 7 nitrogen and oxygen atoms in total. The largest absolute Gasteiger partial charge is 0.543 e. The van der Waals surface area contributed by atoms with Crippen molar-refractivity contribution in [2.75, 3.05) is 6.54 Å². The molecule has 1 N–H and O–H groups in total. The Kier molecular flexibility index (Phi) is 2.69. The van der Waals surface area contributed by atoms with E-state index in [-0.39, 0.29) is 17.0 Å². The summed E-state index contributed by atoms with van der Waals surface area (Å²) < 4.78 is 2.08. The van der Waals surface area contributed by atoms with E-state index in [0.29, 0.717) is 5.57 Å². The molecule has 0 radical (unpaired) electrons. The molecule has 0 spiro atoms. The SMILES string of the molecule is O=C([O-])C1=CS[C@@H]2/C(=C\c3cnc4n3CCNC4)C(=O)N12. The maximum Gasteiger partial charge on any atom is 0.258 e. The highest BCUT2D eigenvalue weighted by atomic mass is 32.2. The smallest absolute Gasteiger partial charge is 0.258 e. The first-order valence-electron chi connectivity index (χ1n) is 6.54. The van der Waals surface area contributed by atoms with Crippen LogP contribution in [0.5, 0.6) is 0 Å². The Morgan fingerprint density at radius 1 is 1.57 bits per heavy atom. The zero-order valence-electron chi connectivity index (χ0n) is 10.9. The maximum absolute atomic E-state index is 12.1. The van der Waals surface area contributed by atoms with Gasteiger partial charge in [-0.05, 0) is 11.5 Å². The summed E-state index contributed by atoms with van der Waals surface area (Å²) in [6.07, 6.45) is 3.56. The van der Waals surface area contributed by atoms with E-state index in [1.54, 1.807) is 6.20 Å². The molecule has 8 heteroatoms. The molecule has 4 heterocycles. The van der Waals surface area contributed by atoms with Gasteiger partial charge >= 0.3 is 0 Å². The van der Waals surface area contributed by atoms with E-state index < -0.39 is 5.97 Å². The van der Waals surface area contributed by atoms with E-state index in [0.717, 1.165) is 31.2 Å². The summed E-state index contributed by atoms with van der Waals surface area (Å²) in [6.45, 7) is 2.40. The van der Waals surface area contributed by atoms with Gasteiger partial charge in [0.05, 0.1) is 35.7 Å². The number of carbonyl (C=O) groups is 2. The number of amides is 1. The van der Waals surface area contributed by atoms with Gasteiger partial charge in [0.1, 0.15) is 11.2 Å². The number of carbonyl (C=O) groups excluding carboxylic acids is 2. The van der Waals surface area contributed by atoms with Crippen LogP contribution in [0.4, 0.5) is 0 Å². The van der Waals surface area contributed by atoms with Crippen LogP contribution in [0.15, 0.2) is 22.9 Å². The maximum atomic E-state index is 12.1. The number of hydrogen-bond acceptors (Lipinski definition) is 6. The summed E-state index contributed by atoms with van der Waals surface area (Å²) in [6, 6.07) is 0. The predicted octanol–water partition coefficient (Wildman–Crippen LogP) is -1.12. The Morgan fingerprint density at radius 2 is 2.43 bits per heavy atom. The Morgan fingerprint density at radius 3 is 3.24 bits per heavy atom. The summed E-state index contributed by atoms with van der Waals surface area (Å²) in [4.78, 5) is 28.6. The van der Waals surface area contributed by atoms with Crippen LogP contribution in [-0.2, 0) is 22.7 Å². The van der Waals surface area contributed by atoms with Crippen LogP contribution in [-0.4, -0.2) is 38.2 Å². The zero-order valence-corrected chi connectivity index (χ0v) is 11.7. The van der Waals surface area contributed by atoms with Crippen molar-refractivity contribution in [2.24, 2.45) is 0 Å². The molecule has 0 aliphatic carbocycles. The third kappa shape index (κ3) is 1.76. The quantitative estimate of drug-likeness (QED) is 0.549. The first-order valence-corrected chi connectivity index (χ1v) is 7.48. The molecule has 0 saturated carbocycles. The molecular formula is C13H11N4O3S-. The molecule has 1 aromatic rings. The Labute approximate surface area is 124 Å². The van der Waals surface area contributed by atoms with Gasteiger partial charge in [-0.15, -0.1) is 11.8 Å². The number of imidazole rings is 1. The highest BCUT2D eigenvalue weighted by Gasteiger charge is 2.47. The normalized spacial score (nSPS) is 25.4. The average molecular weight is 303 g/mol. The number of nitrogens with one attached hydrogen (secondary N) is 1. The van der Waals surface area contributed by atoms with Crippen molar-refractivity contribution in [2.45, 2.75) is 18.5 Å². The minimum absolute atomic E-state index is 0.0494. The van der Waals surface area contributed by atoms with Crippen molar-refractivity contribution < 1.29 is 14.7 Å². The Balaban J connectivity index is 1.63. The highest BCUT2D eigenvalue weighted by Crippen LogP contribution is 2.44. The van der Waals surface area contributed by atoms with Crippen LogP contribution in [0.3, 0.4) is 0 Å². The number of nitrogens with zero attached hydrogens (tertiary/aromatic N) is 3. The molecule has 1 fully saturated rings. The first kappa shape index (κ1) is 12.7. The van der Waals surface area contributed by atoms with Gasteiger partial charge in [0.25, 0.3) is 5.91 Å². The Hall–Kier alpha value is -2.06. The predicted molar refractivity (Wildman–Crippen MR) is 73.2 cm³/mol. The van der Waals surface area contributed by atoms with Gasteiger partial charge in [-0.2, -0.15) is 0 Å². The van der Waals surface area contributed by atoms with E-state index in [1.165, 1.54) is 22.1 Å². The molecule has 0 bridgehead atoms. The van der Waals surface area contributed by atoms with Crippen LogP contribution in [0, 0.1) is 0 Å². The molecule has 0 aromatic carbocycles. The minimum atomic E-state index is -1.31. The second-order valence-electron chi connectivity index (χ2n) is 4.98. The molecule has 3 aliphatic heterocycles. The van der Waals surface area contributed by atoms with Crippen LogP contribution >= 0.6 is 11.8 Å². The minimum Gasteiger partial charge on any atom is -0.543 e. The van der Waals surface area contributed by atoms with Crippen molar-refractivity contribution in [3.63, 3.8) is 0 Å². The van der Waals surface area contributed by atoms with Gasteiger partial charge in [0.2, 0.25) is 0 Å². The molecule has 1 aromatic heterocycles. The Bertz CT molecular complexity index is 721. The van der Waals surface area contributed by atoms with Gasteiger partial charge in [-0.3, -0.25) is 9.69 Å². The van der Waals surface area contributed by atoms with Crippen molar-refractivity contribution in [3.8, 4) is 0 Å². The first-order chi connectivity index (χ1) is 10.2. The number of aliphatic carboxylic acids is 1. The summed E-state index contributed by atoms with van der Waals surface area (Å²) in [5.41, 5.74) is 1.44. The molecule has 21 heavy (non-hydrogen) atoms. The number of fused-ring (bicyclic) bond motifs is 2. The van der Waals surface area contributed by atoms with E-state index in [1.807, 2.05) is 6.08 Å². The molecule has 108 valence electrons. The lowest BCUT2D eigenvalue weighted by Crippen LogP contribution is -2.52. The lowest BCUT2D eigenvalue weighted by atomic mass is 10.0. The van der Waals surface area contributed by atoms with Crippen LogP contribution in [0.2, 0.25) is 0 Å².